The number of esters is 1. The molecule has 27 heavy (non-hydrogen) atoms. The van der Waals surface area contributed by atoms with Crippen LogP contribution < -0.4 is 5.32 Å². The van der Waals surface area contributed by atoms with Crippen molar-refractivity contribution in [2.75, 3.05) is 19.0 Å². The van der Waals surface area contributed by atoms with E-state index in [1.54, 1.807) is 6.07 Å². The number of nitrogens with one attached hydrogen (secondary N) is 1. The summed E-state index contributed by atoms with van der Waals surface area (Å²) in [4.78, 5) is 16.9. The minimum Gasteiger partial charge on any atom is -0.466 e. The van der Waals surface area contributed by atoms with Gasteiger partial charge in [0.1, 0.15) is 18.5 Å². The number of rotatable bonds is 3. The molecule has 0 saturated heterocycles. The van der Waals surface area contributed by atoms with Gasteiger partial charge in [0.2, 0.25) is 0 Å². The quantitative estimate of drug-likeness (QED) is 0.839. The van der Waals surface area contributed by atoms with Gasteiger partial charge < -0.3 is 19.3 Å². The Bertz CT molecular complexity index is 903. The van der Waals surface area contributed by atoms with E-state index in [-0.39, 0.29) is 6.54 Å². The summed E-state index contributed by atoms with van der Waals surface area (Å²) >= 11 is 0. The molecule has 2 aromatic rings. The Morgan fingerprint density at radius 3 is 2.56 bits per heavy atom. The molecule has 5 rings (SSSR count). The molecule has 7 heteroatoms. The maximum absolute atomic E-state index is 12.5. The van der Waals surface area contributed by atoms with E-state index in [1.165, 1.54) is 48.5 Å². The molecule has 1 aliphatic heterocycles. The first-order valence-corrected chi connectivity index (χ1v) is 9.37. The van der Waals surface area contributed by atoms with E-state index in [9.17, 15) is 4.79 Å². The summed E-state index contributed by atoms with van der Waals surface area (Å²) in [6.45, 7) is 0.103. The Morgan fingerprint density at radius 2 is 1.93 bits per heavy atom. The maximum atomic E-state index is 12.5. The largest absolute Gasteiger partial charge is 0.466 e. The average molecular weight is 367 g/mol. The molecule has 1 unspecified atom stereocenters. The summed E-state index contributed by atoms with van der Waals surface area (Å²) < 4.78 is 15.9. The zero-order chi connectivity index (χ0) is 18.4. The molecule has 0 saturated carbocycles. The normalized spacial score (nSPS) is 22.8. The second-order valence-corrected chi connectivity index (χ2v) is 7.29. The van der Waals surface area contributed by atoms with Crippen LogP contribution in [0, 0.1) is 0 Å². The van der Waals surface area contributed by atoms with Crippen LogP contribution in [0.4, 0.5) is 5.69 Å². The Labute approximate surface area is 156 Å². The molecule has 1 atom stereocenters. The van der Waals surface area contributed by atoms with E-state index < -0.39 is 11.6 Å². The number of fused-ring (bicyclic) bond motifs is 2. The number of aliphatic imine (C=N–C) groups is 1. The lowest BCUT2D eigenvalue weighted by Gasteiger charge is -2.23. The molecule has 3 aliphatic rings. The molecule has 0 amide bonds. The van der Waals surface area contributed by atoms with Crippen molar-refractivity contribution in [1.82, 2.24) is 5.16 Å². The Balaban J connectivity index is 1.48. The summed E-state index contributed by atoms with van der Waals surface area (Å²) in [5.41, 5.74) is 5.65. The lowest BCUT2D eigenvalue weighted by molar-refractivity contribution is -0.159. The van der Waals surface area contributed by atoms with E-state index in [4.69, 9.17) is 14.0 Å². The van der Waals surface area contributed by atoms with Crippen LogP contribution in [0.2, 0.25) is 0 Å². The van der Waals surface area contributed by atoms with Gasteiger partial charge in [-0.25, -0.2) is 9.79 Å². The Morgan fingerprint density at radius 1 is 1.19 bits per heavy atom. The standard InChI is InChI=1S/C20H21N3O4/c1-25-18(24)20(16-8-9-26-23-16)11-21-19(27-20)22-17-14-6-2-4-12(14)10-13-5-3-7-15(13)17/h8-10H,2-7,11H2,1H3,(H,21,22). The fourth-order valence-electron chi connectivity index (χ4n) is 4.48. The third kappa shape index (κ3) is 2.44. The second kappa shape index (κ2) is 6.11. The van der Waals surface area contributed by atoms with Gasteiger partial charge >= 0.3 is 5.97 Å². The summed E-state index contributed by atoms with van der Waals surface area (Å²) in [6.07, 6.45) is 8.11. The highest BCUT2D eigenvalue weighted by Crippen LogP contribution is 2.40. The number of methoxy groups -OCH3 is 1. The number of ether oxygens (including phenoxy) is 2. The van der Waals surface area contributed by atoms with Crippen LogP contribution in [0.3, 0.4) is 0 Å². The number of benzene rings is 1. The predicted octanol–water partition coefficient (Wildman–Crippen LogP) is 2.52. The first-order chi connectivity index (χ1) is 13.2. The lowest BCUT2D eigenvalue weighted by Crippen LogP contribution is -2.41. The summed E-state index contributed by atoms with van der Waals surface area (Å²) in [6, 6.07) is 4.31. The second-order valence-electron chi connectivity index (χ2n) is 7.29. The molecule has 0 spiro atoms. The minimum atomic E-state index is -1.40. The van der Waals surface area contributed by atoms with E-state index in [0.29, 0.717) is 11.7 Å². The van der Waals surface area contributed by atoms with Gasteiger partial charge in [-0.05, 0) is 60.8 Å². The van der Waals surface area contributed by atoms with Gasteiger partial charge in [-0.1, -0.05) is 11.2 Å². The Hall–Kier alpha value is -2.83. The third-order valence-corrected chi connectivity index (χ3v) is 5.79. The van der Waals surface area contributed by atoms with Gasteiger partial charge in [0.15, 0.2) is 0 Å². The number of aryl methyl sites for hydroxylation is 2. The zero-order valence-corrected chi connectivity index (χ0v) is 15.2. The van der Waals surface area contributed by atoms with Crippen molar-refractivity contribution < 1.29 is 18.8 Å². The molecule has 2 aliphatic carbocycles. The monoisotopic (exact) mass is 367 g/mol. The lowest BCUT2D eigenvalue weighted by atomic mass is 9.99. The number of carbonyl (C=O) groups is 1. The van der Waals surface area contributed by atoms with Crippen LogP contribution in [0.5, 0.6) is 0 Å². The molecule has 1 N–H and O–H groups in total. The molecular formula is C20H21N3O4. The van der Waals surface area contributed by atoms with E-state index in [0.717, 1.165) is 31.4 Å². The molecule has 0 fully saturated rings. The minimum absolute atomic E-state index is 0.103. The van der Waals surface area contributed by atoms with Crippen LogP contribution in [0.1, 0.15) is 40.8 Å². The fourth-order valence-corrected chi connectivity index (χ4v) is 4.48. The van der Waals surface area contributed by atoms with E-state index in [2.05, 4.69) is 21.5 Å². The van der Waals surface area contributed by atoms with Crippen LogP contribution in [0.15, 0.2) is 27.9 Å². The highest BCUT2D eigenvalue weighted by atomic mass is 16.6. The van der Waals surface area contributed by atoms with Gasteiger partial charge in [-0.2, -0.15) is 0 Å². The van der Waals surface area contributed by atoms with Crippen LogP contribution >= 0.6 is 0 Å². The number of carbonyl (C=O) groups excluding carboxylic acids is 1. The van der Waals surface area contributed by atoms with Gasteiger partial charge in [0.05, 0.1) is 7.11 Å². The highest BCUT2D eigenvalue weighted by molar-refractivity contribution is 5.96. The van der Waals surface area contributed by atoms with Crippen molar-refractivity contribution in [2.45, 2.75) is 44.1 Å². The molecule has 1 aromatic carbocycles. The smallest absolute Gasteiger partial charge is 0.358 e. The molecule has 2 heterocycles. The number of anilines is 1. The van der Waals surface area contributed by atoms with E-state index >= 15 is 0 Å². The van der Waals surface area contributed by atoms with Crippen molar-refractivity contribution in [1.29, 1.82) is 0 Å². The van der Waals surface area contributed by atoms with Crippen LogP contribution in [-0.2, 0) is 45.6 Å². The first kappa shape index (κ1) is 16.4. The zero-order valence-electron chi connectivity index (χ0n) is 15.2. The van der Waals surface area contributed by atoms with Gasteiger partial charge in [0.25, 0.3) is 11.6 Å². The molecule has 0 bridgehead atoms. The highest BCUT2D eigenvalue weighted by Gasteiger charge is 2.51. The van der Waals surface area contributed by atoms with Crippen molar-refractivity contribution in [3.63, 3.8) is 0 Å². The topological polar surface area (TPSA) is 86.0 Å². The molecule has 140 valence electrons. The van der Waals surface area contributed by atoms with Crippen molar-refractivity contribution in [3.05, 3.63) is 46.3 Å². The summed E-state index contributed by atoms with van der Waals surface area (Å²) in [5, 5.41) is 7.29. The number of nitrogens with zero attached hydrogens (tertiary/aromatic N) is 2. The summed E-state index contributed by atoms with van der Waals surface area (Å²) in [5.74, 6) is -0.541. The van der Waals surface area contributed by atoms with Crippen molar-refractivity contribution in [2.24, 2.45) is 4.99 Å². The number of hydrogen-bond acceptors (Lipinski definition) is 7. The van der Waals surface area contributed by atoms with Gasteiger partial charge in [0, 0.05) is 11.8 Å². The van der Waals surface area contributed by atoms with Crippen molar-refractivity contribution in [3.8, 4) is 0 Å². The molecule has 1 aromatic heterocycles. The summed E-state index contributed by atoms with van der Waals surface area (Å²) in [7, 11) is 1.33. The van der Waals surface area contributed by atoms with Gasteiger partial charge in [-0.15, -0.1) is 0 Å². The Kier molecular flexibility index (Phi) is 3.70. The first-order valence-electron chi connectivity index (χ1n) is 9.37. The predicted molar refractivity (Wildman–Crippen MR) is 97.7 cm³/mol. The van der Waals surface area contributed by atoms with Gasteiger partial charge in [-0.3, -0.25) is 0 Å². The van der Waals surface area contributed by atoms with E-state index in [1.807, 2.05) is 0 Å². The molecule has 7 nitrogen and oxygen atoms in total. The number of aromatic nitrogens is 1. The molecule has 0 radical (unpaired) electrons. The number of hydrogen-bond donors (Lipinski definition) is 1. The SMILES string of the molecule is COC(=O)C1(c2ccon2)CN=C(Nc2c3c(cc4c2CCC4)CCC3)O1. The van der Waals surface area contributed by atoms with Crippen LogP contribution in [-0.4, -0.2) is 30.8 Å². The van der Waals surface area contributed by atoms with Crippen LogP contribution in [0.25, 0.3) is 0 Å². The average Bonchev–Trinajstić information content (AvgIpc) is 3.46. The number of amidine groups is 1. The maximum Gasteiger partial charge on any atom is 0.358 e. The van der Waals surface area contributed by atoms with Crippen molar-refractivity contribution >= 4 is 17.7 Å². The molecular weight excluding hydrogens is 346 g/mol. The fraction of sp³-hybridized carbons (Fsp3) is 0.450. The third-order valence-electron chi connectivity index (χ3n) is 5.79.